The van der Waals surface area contributed by atoms with E-state index in [1.807, 2.05) is 7.05 Å². The van der Waals surface area contributed by atoms with Crippen molar-refractivity contribution in [3.63, 3.8) is 0 Å². The van der Waals surface area contributed by atoms with E-state index in [4.69, 9.17) is 5.73 Å². The first kappa shape index (κ1) is 13.1. The Bertz CT molecular complexity index is 445. The van der Waals surface area contributed by atoms with Crippen LogP contribution in [-0.2, 0) is 17.8 Å². The Labute approximate surface area is 108 Å². The molecule has 0 unspecified atom stereocenters. The summed E-state index contributed by atoms with van der Waals surface area (Å²) in [5.41, 5.74) is 9.15. The van der Waals surface area contributed by atoms with Crippen molar-refractivity contribution in [2.75, 3.05) is 32.1 Å². The van der Waals surface area contributed by atoms with Gasteiger partial charge in [-0.05, 0) is 30.7 Å². The van der Waals surface area contributed by atoms with Crippen LogP contribution in [0, 0.1) is 0 Å². The Morgan fingerprint density at radius 1 is 1.39 bits per heavy atom. The molecule has 1 heterocycles. The van der Waals surface area contributed by atoms with Crippen LogP contribution in [0.5, 0.6) is 0 Å². The molecule has 18 heavy (non-hydrogen) atoms. The molecule has 0 fully saturated rings. The summed E-state index contributed by atoms with van der Waals surface area (Å²) in [5, 5.41) is 0. The molecule has 0 aromatic heterocycles. The van der Waals surface area contributed by atoms with Crippen LogP contribution in [0.3, 0.4) is 0 Å². The average Bonchev–Trinajstić information content (AvgIpc) is 2.34. The maximum atomic E-state index is 11.6. The molecule has 1 amide bonds. The highest BCUT2D eigenvalue weighted by Gasteiger charge is 2.20. The summed E-state index contributed by atoms with van der Waals surface area (Å²) in [6.45, 7) is 2.48. The second-order valence-electron chi connectivity index (χ2n) is 4.94. The SMILES string of the molecule is CN(CCN)Cc1ccc2c(c1)CCC(=O)N2C. The van der Waals surface area contributed by atoms with Crippen molar-refractivity contribution in [3.8, 4) is 0 Å². The maximum absolute atomic E-state index is 11.6. The van der Waals surface area contributed by atoms with Crippen LogP contribution in [0.4, 0.5) is 5.69 Å². The molecule has 0 atom stereocenters. The number of fused-ring (bicyclic) bond motifs is 1. The van der Waals surface area contributed by atoms with Gasteiger partial charge in [0.1, 0.15) is 0 Å². The predicted molar refractivity (Wildman–Crippen MR) is 73.6 cm³/mol. The van der Waals surface area contributed by atoms with Gasteiger partial charge in [0, 0.05) is 38.8 Å². The van der Waals surface area contributed by atoms with E-state index in [1.165, 1.54) is 11.1 Å². The van der Waals surface area contributed by atoms with Gasteiger partial charge in [-0.3, -0.25) is 4.79 Å². The van der Waals surface area contributed by atoms with Crippen molar-refractivity contribution in [2.45, 2.75) is 19.4 Å². The number of amides is 1. The van der Waals surface area contributed by atoms with Crippen molar-refractivity contribution in [3.05, 3.63) is 29.3 Å². The summed E-state index contributed by atoms with van der Waals surface area (Å²) in [5.74, 6) is 0.204. The van der Waals surface area contributed by atoms with E-state index < -0.39 is 0 Å². The monoisotopic (exact) mass is 247 g/mol. The number of aryl methyl sites for hydroxylation is 1. The van der Waals surface area contributed by atoms with Gasteiger partial charge in [0.05, 0.1) is 0 Å². The van der Waals surface area contributed by atoms with Crippen molar-refractivity contribution in [1.82, 2.24) is 4.90 Å². The molecule has 0 saturated heterocycles. The zero-order valence-electron chi connectivity index (χ0n) is 11.1. The van der Waals surface area contributed by atoms with Gasteiger partial charge in [0.25, 0.3) is 0 Å². The van der Waals surface area contributed by atoms with Crippen LogP contribution in [0.1, 0.15) is 17.5 Å². The summed E-state index contributed by atoms with van der Waals surface area (Å²) < 4.78 is 0. The normalized spacial score (nSPS) is 15.1. The fraction of sp³-hybridized carbons (Fsp3) is 0.500. The third-order valence-corrected chi connectivity index (χ3v) is 3.45. The first-order valence-corrected chi connectivity index (χ1v) is 6.39. The van der Waals surface area contributed by atoms with Crippen LogP contribution in [-0.4, -0.2) is 38.0 Å². The molecule has 0 saturated carbocycles. The zero-order valence-corrected chi connectivity index (χ0v) is 11.1. The summed E-state index contributed by atoms with van der Waals surface area (Å²) in [4.78, 5) is 15.6. The number of nitrogens with zero attached hydrogens (tertiary/aromatic N) is 2. The minimum atomic E-state index is 0.204. The highest BCUT2D eigenvalue weighted by molar-refractivity contribution is 5.95. The lowest BCUT2D eigenvalue weighted by atomic mass is 9.99. The Morgan fingerprint density at radius 3 is 2.89 bits per heavy atom. The lowest BCUT2D eigenvalue weighted by molar-refractivity contribution is -0.118. The number of hydrogen-bond donors (Lipinski definition) is 1. The number of rotatable bonds is 4. The standard InChI is InChI=1S/C14H21N3O/c1-16(8-7-15)10-11-3-5-13-12(9-11)4-6-14(18)17(13)2/h3,5,9H,4,6-8,10,15H2,1-2H3. The van der Waals surface area contributed by atoms with Crippen molar-refractivity contribution >= 4 is 11.6 Å². The van der Waals surface area contributed by atoms with Crippen LogP contribution >= 0.6 is 0 Å². The van der Waals surface area contributed by atoms with Crippen LogP contribution in [0.25, 0.3) is 0 Å². The summed E-state index contributed by atoms with van der Waals surface area (Å²) in [6.07, 6.45) is 1.47. The number of benzene rings is 1. The molecule has 0 bridgehead atoms. The Hall–Kier alpha value is -1.39. The minimum Gasteiger partial charge on any atom is -0.329 e. The topological polar surface area (TPSA) is 49.6 Å². The van der Waals surface area contributed by atoms with Gasteiger partial charge >= 0.3 is 0 Å². The van der Waals surface area contributed by atoms with Gasteiger partial charge < -0.3 is 15.5 Å². The number of likely N-dealkylation sites (N-methyl/N-ethyl adjacent to an activating group) is 1. The Morgan fingerprint density at radius 2 is 2.17 bits per heavy atom. The van der Waals surface area contributed by atoms with E-state index in [0.29, 0.717) is 13.0 Å². The zero-order chi connectivity index (χ0) is 13.1. The molecule has 1 aliphatic rings. The molecule has 0 aliphatic carbocycles. The highest BCUT2D eigenvalue weighted by Crippen LogP contribution is 2.27. The fourth-order valence-corrected chi connectivity index (χ4v) is 2.42. The van der Waals surface area contributed by atoms with Crippen molar-refractivity contribution in [2.24, 2.45) is 5.73 Å². The summed E-state index contributed by atoms with van der Waals surface area (Å²) in [7, 11) is 3.92. The van der Waals surface area contributed by atoms with E-state index in [0.717, 1.165) is 25.2 Å². The molecular weight excluding hydrogens is 226 g/mol. The quantitative estimate of drug-likeness (QED) is 0.863. The summed E-state index contributed by atoms with van der Waals surface area (Å²) in [6, 6.07) is 6.37. The number of carbonyl (C=O) groups is 1. The molecule has 0 spiro atoms. The van der Waals surface area contributed by atoms with Crippen LogP contribution in [0.2, 0.25) is 0 Å². The van der Waals surface area contributed by atoms with Gasteiger partial charge in [0.15, 0.2) is 0 Å². The third kappa shape index (κ3) is 2.71. The van der Waals surface area contributed by atoms with E-state index in [1.54, 1.807) is 4.90 Å². The molecule has 1 aromatic rings. The van der Waals surface area contributed by atoms with E-state index in [2.05, 4.69) is 30.1 Å². The van der Waals surface area contributed by atoms with Crippen LogP contribution < -0.4 is 10.6 Å². The molecule has 0 radical (unpaired) electrons. The lowest BCUT2D eigenvalue weighted by Gasteiger charge is -2.26. The van der Waals surface area contributed by atoms with Gasteiger partial charge in [-0.25, -0.2) is 0 Å². The lowest BCUT2D eigenvalue weighted by Crippen LogP contribution is -2.31. The molecular formula is C14H21N3O. The molecule has 98 valence electrons. The minimum absolute atomic E-state index is 0.204. The smallest absolute Gasteiger partial charge is 0.227 e. The second kappa shape index (κ2) is 5.50. The molecule has 1 aromatic carbocycles. The van der Waals surface area contributed by atoms with E-state index >= 15 is 0 Å². The van der Waals surface area contributed by atoms with Crippen LogP contribution in [0.15, 0.2) is 18.2 Å². The Balaban J connectivity index is 2.15. The van der Waals surface area contributed by atoms with E-state index in [-0.39, 0.29) is 5.91 Å². The average molecular weight is 247 g/mol. The molecule has 4 heteroatoms. The molecule has 1 aliphatic heterocycles. The maximum Gasteiger partial charge on any atom is 0.227 e. The largest absolute Gasteiger partial charge is 0.329 e. The van der Waals surface area contributed by atoms with Gasteiger partial charge in [-0.15, -0.1) is 0 Å². The third-order valence-electron chi connectivity index (χ3n) is 3.45. The van der Waals surface area contributed by atoms with E-state index in [9.17, 15) is 4.79 Å². The Kier molecular flexibility index (Phi) is 3.99. The molecule has 4 nitrogen and oxygen atoms in total. The first-order chi connectivity index (χ1) is 8.61. The molecule has 2 rings (SSSR count). The predicted octanol–water partition coefficient (Wildman–Crippen LogP) is 0.986. The number of nitrogens with two attached hydrogens (primary N) is 1. The second-order valence-corrected chi connectivity index (χ2v) is 4.94. The van der Waals surface area contributed by atoms with Gasteiger partial charge in [-0.1, -0.05) is 12.1 Å². The highest BCUT2D eigenvalue weighted by atomic mass is 16.2. The number of carbonyl (C=O) groups excluding carboxylic acids is 1. The number of anilines is 1. The van der Waals surface area contributed by atoms with Gasteiger partial charge in [-0.2, -0.15) is 0 Å². The van der Waals surface area contributed by atoms with Crippen molar-refractivity contribution < 1.29 is 4.79 Å². The first-order valence-electron chi connectivity index (χ1n) is 6.39. The van der Waals surface area contributed by atoms with Crippen molar-refractivity contribution in [1.29, 1.82) is 0 Å². The van der Waals surface area contributed by atoms with Gasteiger partial charge in [0.2, 0.25) is 5.91 Å². The fourth-order valence-electron chi connectivity index (χ4n) is 2.42. The number of hydrogen-bond acceptors (Lipinski definition) is 3. The summed E-state index contributed by atoms with van der Waals surface area (Å²) >= 11 is 0. The molecule has 2 N–H and O–H groups in total.